The van der Waals surface area contributed by atoms with Gasteiger partial charge in [-0.2, -0.15) is 0 Å². The van der Waals surface area contributed by atoms with Gasteiger partial charge in [0.25, 0.3) is 0 Å². The predicted octanol–water partition coefficient (Wildman–Crippen LogP) is 1.15. The van der Waals surface area contributed by atoms with Crippen molar-refractivity contribution in [1.29, 1.82) is 0 Å². The van der Waals surface area contributed by atoms with Crippen molar-refractivity contribution < 1.29 is 9.90 Å². The van der Waals surface area contributed by atoms with Crippen LogP contribution in [0.15, 0.2) is 36.7 Å². The molecule has 5 N–H and O–H groups in total. The van der Waals surface area contributed by atoms with Crippen molar-refractivity contribution in [3.05, 3.63) is 48.0 Å². The number of hydrogen-bond donors (Lipinski definition) is 4. The summed E-state index contributed by atoms with van der Waals surface area (Å²) in [6.07, 6.45) is 4.19. The standard InChI is InChI=1S/C14H20N4O2/c15-13(14(19)20)5-8-18(9-11-3-1-6-16-11)10-12-4-2-7-17-12/h1-4,6-7,13,16-17H,5,8-10,15H2,(H,19,20). The summed E-state index contributed by atoms with van der Waals surface area (Å²) in [7, 11) is 0. The van der Waals surface area contributed by atoms with Gasteiger partial charge in [0.2, 0.25) is 0 Å². The third-order valence-electron chi connectivity index (χ3n) is 3.19. The molecule has 0 amide bonds. The van der Waals surface area contributed by atoms with Crippen molar-refractivity contribution in [2.24, 2.45) is 5.73 Å². The highest BCUT2D eigenvalue weighted by atomic mass is 16.4. The minimum Gasteiger partial charge on any atom is -0.480 e. The number of nitrogens with two attached hydrogens (primary N) is 1. The largest absolute Gasteiger partial charge is 0.480 e. The average Bonchev–Trinajstić information content (AvgIpc) is 3.08. The van der Waals surface area contributed by atoms with Gasteiger partial charge in [-0.1, -0.05) is 0 Å². The van der Waals surface area contributed by atoms with E-state index in [9.17, 15) is 4.79 Å². The number of aromatic nitrogens is 2. The van der Waals surface area contributed by atoms with Gasteiger partial charge in [0.15, 0.2) is 0 Å². The Balaban J connectivity index is 1.94. The molecule has 2 rings (SSSR count). The van der Waals surface area contributed by atoms with Crippen molar-refractivity contribution in [3.8, 4) is 0 Å². The van der Waals surface area contributed by atoms with Crippen LogP contribution < -0.4 is 5.73 Å². The fraction of sp³-hybridized carbons (Fsp3) is 0.357. The molecule has 0 saturated carbocycles. The maximum atomic E-state index is 10.8. The number of nitrogens with zero attached hydrogens (tertiary/aromatic N) is 1. The van der Waals surface area contributed by atoms with Crippen LogP contribution in [0, 0.1) is 0 Å². The highest BCUT2D eigenvalue weighted by molar-refractivity contribution is 5.72. The lowest BCUT2D eigenvalue weighted by Crippen LogP contribution is -2.35. The number of hydrogen-bond acceptors (Lipinski definition) is 3. The zero-order chi connectivity index (χ0) is 14.4. The number of rotatable bonds is 8. The Bertz CT molecular complexity index is 471. The molecule has 108 valence electrons. The van der Waals surface area contributed by atoms with Gasteiger partial charge in [-0.05, 0) is 30.7 Å². The SMILES string of the molecule is NC(CCN(Cc1ccc[nH]1)Cc1ccc[nH]1)C(=O)O. The van der Waals surface area contributed by atoms with E-state index in [1.54, 1.807) is 0 Å². The molecule has 2 aromatic heterocycles. The molecule has 0 fully saturated rings. The van der Waals surface area contributed by atoms with E-state index < -0.39 is 12.0 Å². The maximum absolute atomic E-state index is 10.8. The molecule has 0 bridgehead atoms. The van der Waals surface area contributed by atoms with Crippen LogP contribution in [0.5, 0.6) is 0 Å². The number of H-pyrrole nitrogens is 2. The molecule has 6 heteroatoms. The van der Waals surface area contributed by atoms with E-state index in [0.717, 1.165) is 24.5 Å². The first-order valence-electron chi connectivity index (χ1n) is 6.60. The molecule has 2 aromatic rings. The van der Waals surface area contributed by atoms with Crippen LogP contribution in [-0.2, 0) is 17.9 Å². The van der Waals surface area contributed by atoms with E-state index in [1.807, 2.05) is 36.7 Å². The zero-order valence-electron chi connectivity index (χ0n) is 11.2. The summed E-state index contributed by atoms with van der Waals surface area (Å²) in [5.74, 6) is -0.954. The molecule has 6 nitrogen and oxygen atoms in total. The monoisotopic (exact) mass is 276 g/mol. The molecule has 0 radical (unpaired) electrons. The second-order valence-corrected chi connectivity index (χ2v) is 4.83. The van der Waals surface area contributed by atoms with Crippen LogP contribution in [0.4, 0.5) is 0 Å². The van der Waals surface area contributed by atoms with E-state index >= 15 is 0 Å². The Morgan fingerprint density at radius 2 is 1.75 bits per heavy atom. The average molecular weight is 276 g/mol. The van der Waals surface area contributed by atoms with Gasteiger partial charge in [0.1, 0.15) is 6.04 Å². The normalized spacial score (nSPS) is 12.7. The number of aliphatic carboxylic acids is 1. The lowest BCUT2D eigenvalue weighted by Gasteiger charge is -2.22. The van der Waals surface area contributed by atoms with Crippen molar-refractivity contribution in [2.75, 3.05) is 6.54 Å². The van der Waals surface area contributed by atoms with Gasteiger partial charge >= 0.3 is 5.97 Å². The molecule has 0 aliphatic rings. The fourth-order valence-corrected chi connectivity index (χ4v) is 2.07. The number of aromatic amines is 2. The minimum atomic E-state index is -0.954. The summed E-state index contributed by atoms with van der Waals surface area (Å²) in [6, 6.07) is 7.11. The highest BCUT2D eigenvalue weighted by Crippen LogP contribution is 2.08. The van der Waals surface area contributed by atoms with Crippen molar-refractivity contribution in [1.82, 2.24) is 14.9 Å². The van der Waals surface area contributed by atoms with Crippen molar-refractivity contribution in [2.45, 2.75) is 25.6 Å². The predicted molar refractivity (Wildman–Crippen MR) is 75.9 cm³/mol. The first-order valence-corrected chi connectivity index (χ1v) is 6.60. The number of carboxylic acid groups (broad SMARTS) is 1. The molecule has 0 saturated heterocycles. The van der Waals surface area contributed by atoms with E-state index in [-0.39, 0.29) is 0 Å². The van der Waals surface area contributed by atoms with Gasteiger partial charge in [0.05, 0.1) is 0 Å². The summed E-state index contributed by atoms with van der Waals surface area (Å²) in [6.45, 7) is 2.10. The van der Waals surface area contributed by atoms with Gasteiger partial charge in [0, 0.05) is 43.4 Å². The first kappa shape index (κ1) is 14.4. The Morgan fingerprint density at radius 3 is 2.15 bits per heavy atom. The highest BCUT2D eigenvalue weighted by Gasteiger charge is 2.15. The Hall–Kier alpha value is -2.05. The number of carbonyl (C=O) groups is 1. The van der Waals surface area contributed by atoms with Crippen LogP contribution in [0.2, 0.25) is 0 Å². The van der Waals surface area contributed by atoms with E-state index in [0.29, 0.717) is 13.0 Å². The molecular formula is C14H20N4O2. The quantitative estimate of drug-likeness (QED) is 0.581. The molecule has 0 spiro atoms. The fourth-order valence-electron chi connectivity index (χ4n) is 2.07. The van der Waals surface area contributed by atoms with Crippen molar-refractivity contribution in [3.63, 3.8) is 0 Å². The van der Waals surface area contributed by atoms with Gasteiger partial charge in [-0.25, -0.2) is 0 Å². The molecule has 0 aromatic carbocycles. The van der Waals surface area contributed by atoms with Crippen LogP contribution >= 0.6 is 0 Å². The summed E-state index contributed by atoms with van der Waals surface area (Å²) in [4.78, 5) is 19.3. The van der Waals surface area contributed by atoms with Crippen LogP contribution in [0.1, 0.15) is 17.8 Å². The molecule has 0 aliphatic carbocycles. The summed E-state index contributed by atoms with van der Waals surface area (Å²) >= 11 is 0. The van der Waals surface area contributed by atoms with Crippen LogP contribution in [0.25, 0.3) is 0 Å². The van der Waals surface area contributed by atoms with Gasteiger partial charge in [-0.3, -0.25) is 9.69 Å². The van der Waals surface area contributed by atoms with Crippen molar-refractivity contribution >= 4 is 5.97 Å². The number of nitrogens with one attached hydrogen (secondary N) is 2. The molecule has 1 unspecified atom stereocenters. The topological polar surface area (TPSA) is 98.1 Å². The minimum absolute atomic E-state index is 0.427. The maximum Gasteiger partial charge on any atom is 0.320 e. The molecule has 1 atom stereocenters. The first-order chi connectivity index (χ1) is 9.65. The summed E-state index contributed by atoms with van der Waals surface area (Å²) in [5.41, 5.74) is 7.77. The zero-order valence-corrected chi connectivity index (χ0v) is 11.2. The van der Waals surface area contributed by atoms with E-state index in [4.69, 9.17) is 10.8 Å². The molecular weight excluding hydrogens is 256 g/mol. The third-order valence-corrected chi connectivity index (χ3v) is 3.19. The summed E-state index contributed by atoms with van der Waals surface area (Å²) in [5, 5.41) is 8.85. The summed E-state index contributed by atoms with van der Waals surface area (Å²) < 4.78 is 0. The van der Waals surface area contributed by atoms with E-state index in [2.05, 4.69) is 14.9 Å². The van der Waals surface area contributed by atoms with Gasteiger partial charge in [-0.15, -0.1) is 0 Å². The van der Waals surface area contributed by atoms with E-state index in [1.165, 1.54) is 0 Å². The molecule has 20 heavy (non-hydrogen) atoms. The lowest BCUT2D eigenvalue weighted by molar-refractivity contribution is -0.138. The Kier molecular flexibility index (Phi) is 4.97. The second kappa shape index (κ2) is 6.93. The third kappa shape index (κ3) is 4.25. The molecule has 2 heterocycles. The Morgan fingerprint density at radius 1 is 1.20 bits per heavy atom. The lowest BCUT2D eigenvalue weighted by atomic mass is 10.2. The Labute approximate surface area is 117 Å². The van der Waals surface area contributed by atoms with Gasteiger partial charge < -0.3 is 20.8 Å². The number of carboxylic acids is 1. The smallest absolute Gasteiger partial charge is 0.320 e. The molecule has 0 aliphatic heterocycles. The second-order valence-electron chi connectivity index (χ2n) is 4.83. The van der Waals surface area contributed by atoms with Crippen LogP contribution in [0.3, 0.4) is 0 Å². The van der Waals surface area contributed by atoms with Crippen LogP contribution in [-0.4, -0.2) is 38.5 Å².